The molecule has 0 radical (unpaired) electrons. The van der Waals surface area contributed by atoms with Crippen LogP contribution in [0.25, 0.3) is 20.8 Å². The Morgan fingerprint density at radius 1 is 0.962 bits per heavy atom. The van der Waals surface area contributed by atoms with Crippen molar-refractivity contribution in [2.75, 3.05) is 5.32 Å². The van der Waals surface area contributed by atoms with Gasteiger partial charge < -0.3 is 5.32 Å². The van der Waals surface area contributed by atoms with Crippen LogP contribution in [-0.2, 0) is 6.54 Å². The van der Waals surface area contributed by atoms with E-state index in [1.807, 2.05) is 12.1 Å². The monoisotopic (exact) mass is 398 g/mol. The van der Waals surface area contributed by atoms with E-state index in [-0.39, 0.29) is 0 Å². The van der Waals surface area contributed by atoms with Crippen LogP contribution in [0.1, 0.15) is 11.1 Å². The first-order chi connectivity index (χ1) is 12.6. The van der Waals surface area contributed by atoms with Gasteiger partial charge in [-0.15, -0.1) is 11.3 Å². The van der Waals surface area contributed by atoms with Crippen molar-refractivity contribution in [3.8, 4) is 10.6 Å². The molecule has 26 heavy (non-hydrogen) atoms. The van der Waals surface area contributed by atoms with Gasteiger partial charge in [0.1, 0.15) is 5.01 Å². The third-order valence-electron chi connectivity index (χ3n) is 4.17. The third kappa shape index (κ3) is 3.70. The van der Waals surface area contributed by atoms with Crippen molar-refractivity contribution in [2.45, 2.75) is 13.5 Å². The lowest BCUT2D eigenvalue weighted by molar-refractivity contribution is 1.15. The van der Waals surface area contributed by atoms with Crippen molar-refractivity contribution in [1.29, 1.82) is 0 Å². The lowest BCUT2D eigenvalue weighted by Crippen LogP contribution is -1.99. The van der Waals surface area contributed by atoms with Gasteiger partial charge in [-0.25, -0.2) is 4.98 Å². The molecule has 0 amide bonds. The van der Waals surface area contributed by atoms with E-state index in [2.05, 4.69) is 54.7 Å². The highest BCUT2D eigenvalue weighted by molar-refractivity contribution is 7.21. The molecule has 0 unspecified atom stereocenters. The van der Waals surface area contributed by atoms with E-state index in [4.69, 9.17) is 28.2 Å². The normalized spacial score (nSPS) is 11.0. The molecule has 0 aliphatic carbocycles. The van der Waals surface area contributed by atoms with Gasteiger partial charge in [0.15, 0.2) is 0 Å². The minimum absolute atomic E-state index is 0.647. The van der Waals surface area contributed by atoms with Gasteiger partial charge in [0, 0.05) is 27.8 Å². The van der Waals surface area contributed by atoms with Gasteiger partial charge in [-0.3, -0.25) is 0 Å². The molecular weight excluding hydrogens is 383 g/mol. The van der Waals surface area contributed by atoms with Crippen LogP contribution in [0.2, 0.25) is 10.0 Å². The van der Waals surface area contributed by atoms with Crippen LogP contribution in [0.4, 0.5) is 5.69 Å². The lowest BCUT2D eigenvalue weighted by atomic mass is 10.2. The fourth-order valence-electron chi connectivity index (χ4n) is 2.75. The average Bonchev–Trinajstić information content (AvgIpc) is 3.04. The Morgan fingerprint density at radius 3 is 2.54 bits per heavy atom. The first-order valence-corrected chi connectivity index (χ1v) is 9.81. The van der Waals surface area contributed by atoms with Crippen LogP contribution < -0.4 is 5.32 Å². The number of aromatic nitrogens is 1. The van der Waals surface area contributed by atoms with Crippen LogP contribution in [0.3, 0.4) is 0 Å². The molecule has 0 saturated carbocycles. The van der Waals surface area contributed by atoms with Crippen LogP contribution in [0.5, 0.6) is 0 Å². The van der Waals surface area contributed by atoms with E-state index < -0.39 is 0 Å². The maximum atomic E-state index is 6.22. The topological polar surface area (TPSA) is 24.9 Å². The highest BCUT2D eigenvalue weighted by Crippen LogP contribution is 2.31. The summed E-state index contributed by atoms with van der Waals surface area (Å²) in [5.41, 5.74) is 5.49. The van der Waals surface area contributed by atoms with Crippen molar-refractivity contribution in [3.05, 3.63) is 81.8 Å². The second-order valence-corrected chi connectivity index (χ2v) is 8.03. The Labute approximate surface area is 166 Å². The maximum absolute atomic E-state index is 6.22. The summed E-state index contributed by atoms with van der Waals surface area (Å²) in [5.74, 6) is 0. The SMILES string of the molecule is Cc1ccc2nc(-c3ccc(NCc4ccc(Cl)cc4Cl)cc3)sc2c1. The molecule has 4 rings (SSSR count). The Bertz CT molecular complexity index is 1070. The fourth-order valence-corrected chi connectivity index (χ4v) is 4.29. The largest absolute Gasteiger partial charge is 0.381 e. The number of hydrogen-bond donors (Lipinski definition) is 1. The number of nitrogens with one attached hydrogen (secondary N) is 1. The number of hydrogen-bond acceptors (Lipinski definition) is 3. The predicted molar refractivity (Wildman–Crippen MR) is 114 cm³/mol. The van der Waals surface area contributed by atoms with Crippen molar-refractivity contribution in [3.63, 3.8) is 0 Å². The zero-order valence-corrected chi connectivity index (χ0v) is 16.4. The summed E-state index contributed by atoms with van der Waals surface area (Å²) in [6, 6.07) is 20.2. The molecule has 5 heteroatoms. The molecule has 0 atom stereocenters. The van der Waals surface area contributed by atoms with Crippen LogP contribution >= 0.6 is 34.5 Å². The zero-order chi connectivity index (χ0) is 18.1. The summed E-state index contributed by atoms with van der Waals surface area (Å²) in [6.45, 7) is 2.75. The highest BCUT2D eigenvalue weighted by atomic mass is 35.5. The van der Waals surface area contributed by atoms with Gasteiger partial charge in [-0.1, -0.05) is 35.3 Å². The van der Waals surface area contributed by atoms with Crippen molar-refractivity contribution < 1.29 is 0 Å². The first-order valence-electron chi connectivity index (χ1n) is 8.24. The molecule has 1 heterocycles. The Kier molecular flexibility index (Phi) is 4.86. The smallest absolute Gasteiger partial charge is 0.124 e. The molecule has 0 aliphatic heterocycles. The summed E-state index contributed by atoms with van der Waals surface area (Å²) in [7, 11) is 0. The minimum Gasteiger partial charge on any atom is -0.381 e. The van der Waals surface area contributed by atoms with Gasteiger partial charge in [-0.2, -0.15) is 0 Å². The third-order valence-corrected chi connectivity index (χ3v) is 5.83. The highest BCUT2D eigenvalue weighted by Gasteiger charge is 2.07. The Hall–Kier alpha value is -2.07. The number of fused-ring (bicyclic) bond motifs is 1. The van der Waals surface area contributed by atoms with Gasteiger partial charge >= 0.3 is 0 Å². The molecule has 0 fully saturated rings. The molecule has 1 N–H and O–H groups in total. The number of rotatable bonds is 4. The summed E-state index contributed by atoms with van der Waals surface area (Å²) in [4.78, 5) is 4.74. The van der Waals surface area contributed by atoms with E-state index >= 15 is 0 Å². The number of aryl methyl sites for hydroxylation is 1. The molecule has 3 aromatic carbocycles. The van der Waals surface area contributed by atoms with E-state index in [1.165, 1.54) is 10.3 Å². The zero-order valence-electron chi connectivity index (χ0n) is 14.1. The van der Waals surface area contributed by atoms with Crippen LogP contribution in [0, 0.1) is 6.92 Å². The summed E-state index contributed by atoms with van der Waals surface area (Å²) in [5, 5.41) is 5.75. The summed E-state index contributed by atoms with van der Waals surface area (Å²) in [6.07, 6.45) is 0. The molecule has 0 bridgehead atoms. The number of halogens is 2. The van der Waals surface area contributed by atoms with Gasteiger partial charge in [-0.05, 0) is 66.6 Å². The lowest BCUT2D eigenvalue weighted by Gasteiger charge is -2.09. The number of nitrogens with zero attached hydrogens (tertiary/aromatic N) is 1. The molecule has 2 nitrogen and oxygen atoms in total. The van der Waals surface area contributed by atoms with Gasteiger partial charge in [0.05, 0.1) is 10.2 Å². The van der Waals surface area contributed by atoms with Crippen LogP contribution in [0.15, 0.2) is 60.7 Å². The van der Waals surface area contributed by atoms with Crippen molar-refractivity contribution >= 4 is 50.4 Å². The minimum atomic E-state index is 0.647. The molecule has 1 aromatic heterocycles. The maximum Gasteiger partial charge on any atom is 0.124 e. The number of anilines is 1. The van der Waals surface area contributed by atoms with Crippen LogP contribution in [-0.4, -0.2) is 4.98 Å². The number of benzene rings is 3. The molecule has 0 aliphatic rings. The molecular formula is C21H16Cl2N2S. The second-order valence-electron chi connectivity index (χ2n) is 6.16. The van der Waals surface area contributed by atoms with Crippen molar-refractivity contribution in [1.82, 2.24) is 4.98 Å². The first kappa shape index (κ1) is 17.3. The molecule has 0 saturated heterocycles. The molecule has 4 aromatic rings. The van der Waals surface area contributed by atoms with E-state index in [9.17, 15) is 0 Å². The molecule has 0 spiro atoms. The molecule has 130 valence electrons. The second kappa shape index (κ2) is 7.28. The predicted octanol–water partition coefficient (Wildman–Crippen LogP) is 7.19. The Morgan fingerprint density at radius 2 is 1.77 bits per heavy atom. The summed E-state index contributed by atoms with van der Waals surface area (Å²) >= 11 is 13.9. The average molecular weight is 399 g/mol. The summed E-state index contributed by atoms with van der Waals surface area (Å²) < 4.78 is 1.22. The van der Waals surface area contributed by atoms with E-state index in [0.717, 1.165) is 27.3 Å². The van der Waals surface area contributed by atoms with Crippen molar-refractivity contribution in [2.24, 2.45) is 0 Å². The number of thiazole rings is 1. The fraction of sp³-hybridized carbons (Fsp3) is 0.0952. The standard InChI is InChI=1S/C21H16Cl2N2S/c1-13-2-9-19-20(10-13)26-21(25-19)14-4-7-17(8-5-14)24-12-15-3-6-16(22)11-18(15)23/h2-11,24H,12H2,1H3. The van der Waals surface area contributed by atoms with Gasteiger partial charge in [0.2, 0.25) is 0 Å². The Balaban J connectivity index is 1.50. The van der Waals surface area contributed by atoms with Gasteiger partial charge in [0.25, 0.3) is 0 Å². The quantitative estimate of drug-likeness (QED) is 0.393. The van der Waals surface area contributed by atoms with E-state index in [1.54, 1.807) is 17.4 Å². The van der Waals surface area contributed by atoms with E-state index in [0.29, 0.717) is 16.6 Å².